The summed E-state index contributed by atoms with van der Waals surface area (Å²) in [6, 6.07) is 10.1. The average Bonchev–Trinajstić information content (AvgIpc) is 3.48. The van der Waals surface area contributed by atoms with E-state index in [-0.39, 0.29) is 17.7 Å². The first-order chi connectivity index (χ1) is 13.6. The molecule has 4 rings (SSSR count). The Morgan fingerprint density at radius 1 is 1.36 bits per heavy atom. The summed E-state index contributed by atoms with van der Waals surface area (Å²) < 4.78 is 0. The number of hydrogen-bond donors (Lipinski definition) is 1. The Morgan fingerprint density at radius 3 is 2.93 bits per heavy atom. The molecule has 2 aliphatic heterocycles. The average molecular weight is 398 g/mol. The van der Waals surface area contributed by atoms with E-state index in [1.165, 1.54) is 16.9 Å². The van der Waals surface area contributed by atoms with Gasteiger partial charge in [0.25, 0.3) is 11.8 Å². The third kappa shape index (κ3) is 3.77. The molecule has 0 aliphatic carbocycles. The summed E-state index contributed by atoms with van der Waals surface area (Å²) in [6.07, 6.45) is 1.07. The van der Waals surface area contributed by atoms with E-state index in [1.54, 1.807) is 15.8 Å². The Labute approximate surface area is 167 Å². The van der Waals surface area contributed by atoms with Gasteiger partial charge in [0, 0.05) is 31.3 Å². The zero-order valence-corrected chi connectivity index (χ0v) is 16.4. The zero-order chi connectivity index (χ0) is 19.6. The van der Waals surface area contributed by atoms with Crippen LogP contribution >= 0.6 is 11.3 Å². The number of hydrogen-bond acceptors (Lipinski definition) is 6. The van der Waals surface area contributed by atoms with E-state index in [4.69, 9.17) is 4.84 Å². The zero-order valence-electron chi connectivity index (χ0n) is 15.6. The number of nitrogens with zero attached hydrogens (tertiary/aromatic N) is 3. The van der Waals surface area contributed by atoms with Gasteiger partial charge in [0.1, 0.15) is 11.4 Å². The monoisotopic (exact) mass is 398 g/mol. The summed E-state index contributed by atoms with van der Waals surface area (Å²) in [7, 11) is 0. The van der Waals surface area contributed by atoms with Crippen LogP contribution in [0.25, 0.3) is 0 Å². The molecule has 0 saturated carbocycles. The highest BCUT2D eigenvalue weighted by atomic mass is 32.1. The number of carbonyl (C=O) groups is 2. The lowest BCUT2D eigenvalue weighted by Crippen LogP contribution is -2.39. The van der Waals surface area contributed by atoms with E-state index in [0.29, 0.717) is 43.9 Å². The molecule has 0 bridgehead atoms. The molecule has 1 aromatic carbocycles. The number of rotatable bonds is 5. The van der Waals surface area contributed by atoms with Gasteiger partial charge in [-0.05, 0) is 11.5 Å². The topological polar surface area (TPSA) is 83.9 Å². The van der Waals surface area contributed by atoms with Crippen LogP contribution in [0.3, 0.4) is 0 Å². The summed E-state index contributed by atoms with van der Waals surface area (Å²) in [5, 5.41) is 8.72. The summed E-state index contributed by atoms with van der Waals surface area (Å²) in [4.78, 5) is 36.4. The van der Waals surface area contributed by atoms with Crippen molar-refractivity contribution in [2.24, 2.45) is 5.16 Å². The fraction of sp³-hybridized carbons (Fsp3) is 0.400. The van der Waals surface area contributed by atoms with Crippen molar-refractivity contribution >= 4 is 28.9 Å². The van der Waals surface area contributed by atoms with E-state index in [9.17, 15) is 9.59 Å². The first-order valence-corrected chi connectivity index (χ1v) is 10.3. The minimum absolute atomic E-state index is 0.101. The maximum Gasteiger partial charge on any atom is 0.273 e. The van der Waals surface area contributed by atoms with Crippen LogP contribution in [-0.2, 0) is 9.63 Å². The van der Waals surface area contributed by atoms with E-state index in [0.717, 1.165) is 0 Å². The molecule has 8 heteroatoms. The Hall–Kier alpha value is -2.74. The second-order valence-corrected chi connectivity index (χ2v) is 8.08. The Bertz CT molecular complexity index is 884. The second kappa shape index (κ2) is 7.71. The Kier molecular flexibility index (Phi) is 5.13. The van der Waals surface area contributed by atoms with Crippen LogP contribution in [-0.4, -0.2) is 52.6 Å². The molecular weight excluding hydrogens is 376 g/mol. The molecule has 2 atom stereocenters. The van der Waals surface area contributed by atoms with Crippen LogP contribution in [0, 0.1) is 0 Å². The van der Waals surface area contributed by atoms with Crippen molar-refractivity contribution in [2.75, 3.05) is 19.6 Å². The van der Waals surface area contributed by atoms with Gasteiger partial charge in [-0.2, -0.15) is 0 Å². The van der Waals surface area contributed by atoms with E-state index in [2.05, 4.69) is 34.5 Å². The molecule has 1 saturated heterocycles. The smallest absolute Gasteiger partial charge is 0.273 e. The largest absolute Gasteiger partial charge is 0.386 e. The third-order valence-corrected chi connectivity index (χ3v) is 5.88. The van der Waals surface area contributed by atoms with Gasteiger partial charge < -0.3 is 15.1 Å². The predicted molar refractivity (Wildman–Crippen MR) is 106 cm³/mol. The van der Waals surface area contributed by atoms with E-state index in [1.807, 2.05) is 18.2 Å². The van der Waals surface area contributed by atoms with Crippen LogP contribution in [0.2, 0.25) is 0 Å². The highest BCUT2D eigenvalue weighted by molar-refractivity contribution is 7.07. The van der Waals surface area contributed by atoms with Crippen molar-refractivity contribution in [1.82, 2.24) is 15.2 Å². The molecule has 28 heavy (non-hydrogen) atoms. The maximum absolute atomic E-state index is 12.5. The molecule has 7 nitrogen and oxygen atoms in total. The van der Waals surface area contributed by atoms with Gasteiger partial charge in [-0.25, -0.2) is 4.98 Å². The first kappa shape index (κ1) is 18.6. The number of oxime groups is 1. The van der Waals surface area contributed by atoms with Gasteiger partial charge in [-0.15, -0.1) is 11.3 Å². The highest BCUT2D eigenvalue weighted by Gasteiger charge is 2.48. The number of aromatic nitrogens is 1. The normalized spacial score (nSPS) is 22.0. The standard InChI is InChI=1S/C20H22N4O3S/c1-14(15-5-3-2-4-6-15)10-21-18(25)16-9-20(27-23-16)7-8-24(12-20)19(26)17-11-28-13-22-17/h2-6,11,13-14H,7-10,12H2,1H3,(H,21,25)/t14-,20+/m1/s1. The van der Waals surface area contributed by atoms with Gasteiger partial charge >= 0.3 is 0 Å². The lowest BCUT2D eigenvalue weighted by atomic mass is 9.96. The lowest BCUT2D eigenvalue weighted by Gasteiger charge is -2.21. The Morgan fingerprint density at radius 2 is 2.18 bits per heavy atom. The molecule has 2 aliphatic rings. The molecule has 2 aromatic rings. The summed E-state index contributed by atoms with van der Waals surface area (Å²) in [6.45, 7) is 3.60. The van der Waals surface area contributed by atoms with Gasteiger partial charge in [-0.1, -0.05) is 42.4 Å². The van der Waals surface area contributed by atoms with Gasteiger partial charge in [0.15, 0.2) is 5.60 Å². The minimum Gasteiger partial charge on any atom is -0.386 e. The first-order valence-electron chi connectivity index (χ1n) is 9.32. The fourth-order valence-corrected chi connectivity index (χ4v) is 4.13. The molecule has 2 amide bonds. The van der Waals surface area contributed by atoms with Crippen molar-refractivity contribution in [2.45, 2.75) is 31.3 Å². The highest BCUT2D eigenvalue weighted by Crippen LogP contribution is 2.34. The van der Waals surface area contributed by atoms with Crippen molar-refractivity contribution in [3.8, 4) is 0 Å². The molecule has 1 aromatic heterocycles. The summed E-state index contributed by atoms with van der Waals surface area (Å²) in [5.74, 6) is -0.0972. The fourth-order valence-electron chi connectivity index (χ4n) is 3.61. The van der Waals surface area contributed by atoms with E-state index < -0.39 is 5.60 Å². The van der Waals surface area contributed by atoms with Crippen molar-refractivity contribution in [3.63, 3.8) is 0 Å². The van der Waals surface area contributed by atoms with Crippen LogP contribution in [0.15, 0.2) is 46.4 Å². The number of amides is 2. The maximum atomic E-state index is 12.5. The molecule has 1 N–H and O–H groups in total. The molecule has 0 radical (unpaired) electrons. The Balaban J connectivity index is 1.30. The SMILES string of the molecule is C[C@H](CNC(=O)C1=NO[C@@]2(CCN(C(=O)c3cscn3)C2)C1)c1ccccc1. The lowest BCUT2D eigenvalue weighted by molar-refractivity contribution is -0.115. The van der Waals surface area contributed by atoms with Gasteiger partial charge in [0.05, 0.1) is 12.1 Å². The van der Waals surface area contributed by atoms with Gasteiger partial charge in [-0.3, -0.25) is 9.59 Å². The predicted octanol–water partition coefficient (Wildman–Crippen LogP) is 2.42. The van der Waals surface area contributed by atoms with Crippen molar-refractivity contribution in [3.05, 3.63) is 52.5 Å². The molecule has 0 unspecified atom stereocenters. The van der Waals surface area contributed by atoms with Crippen LogP contribution in [0.1, 0.15) is 41.7 Å². The molecule has 1 fully saturated rings. The van der Waals surface area contributed by atoms with Crippen LogP contribution in [0.5, 0.6) is 0 Å². The molecule has 1 spiro atoms. The third-order valence-electron chi connectivity index (χ3n) is 5.29. The second-order valence-electron chi connectivity index (χ2n) is 7.36. The number of nitrogens with one attached hydrogen (secondary N) is 1. The number of likely N-dealkylation sites (tertiary alicyclic amines) is 1. The van der Waals surface area contributed by atoms with Gasteiger partial charge in [0.2, 0.25) is 0 Å². The molecule has 146 valence electrons. The van der Waals surface area contributed by atoms with E-state index >= 15 is 0 Å². The van der Waals surface area contributed by atoms with Crippen molar-refractivity contribution < 1.29 is 14.4 Å². The molecule has 3 heterocycles. The molecular formula is C20H22N4O3S. The van der Waals surface area contributed by atoms with Crippen LogP contribution in [0.4, 0.5) is 0 Å². The number of thiazole rings is 1. The quantitative estimate of drug-likeness (QED) is 0.838. The number of carbonyl (C=O) groups excluding carboxylic acids is 2. The summed E-state index contributed by atoms with van der Waals surface area (Å²) in [5.41, 5.74) is 3.07. The van der Waals surface area contributed by atoms with Crippen LogP contribution < -0.4 is 5.32 Å². The van der Waals surface area contributed by atoms with Crippen molar-refractivity contribution in [1.29, 1.82) is 0 Å². The number of benzene rings is 1. The summed E-state index contributed by atoms with van der Waals surface area (Å²) >= 11 is 1.40. The minimum atomic E-state index is -0.594.